The average molecular weight is 217 g/mol. The van der Waals surface area contributed by atoms with E-state index in [4.69, 9.17) is 16.9 Å². The molecule has 0 saturated carbocycles. The highest BCUT2D eigenvalue weighted by Crippen LogP contribution is 2.24. The number of nitrogens with zero attached hydrogens (tertiary/aromatic N) is 2. The predicted molar refractivity (Wildman–Crippen MR) is 57.0 cm³/mol. The Morgan fingerprint density at radius 2 is 1.86 bits per heavy atom. The lowest BCUT2D eigenvalue weighted by Crippen LogP contribution is -2.49. The molecule has 0 unspecified atom stereocenters. The highest BCUT2D eigenvalue weighted by Gasteiger charge is 2.36. The van der Waals surface area contributed by atoms with Crippen LogP contribution in [0.4, 0.5) is 0 Å². The Labute approximate surface area is 90.6 Å². The van der Waals surface area contributed by atoms with Crippen molar-refractivity contribution in [3.8, 4) is 6.07 Å². The Bertz CT molecular complexity index is 266. The third-order valence-corrected chi connectivity index (χ3v) is 3.00. The summed E-state index contributed by atoms with van der Waals surface area (Å²) in [6.07, 6.45) is 0. The lowest BCUT2D eigenvalue weighted by atomic mass is 9.92. The Balaban J connectivity index is 4.83. The van der Waals surface area contributed by atoms with E-state index in [9.17, 15) is 4.79 Å². The minimum atomic E-state index is -0.791. The minimum Gasteiger partial charge on any atom is -0.327 e. The molecule has 0 radical (unpaired) electrons. The van der Waals surface area contributed by atoms with Crippen molar-refractivity contribution in [1.29, 1.82) is 5.26 Å². The van der Waals surface area contributed by atoms with Gasteiger partial charge in [-0.15, -0.1) is 11.6 Å². The van der Waals surface area contributed by atoms with E-state index in [1.165, 1.54) is 4.90 Å². The van der Waals surface area contributed by atoms with Crippen LogP contribution in [0.2, 0.25) is 0 Å². The molecule has 14 heavy (non-hydrogen) atoms. The quantitative estimate of drug-likeness (QED) is 0.678. The number of hydrogen-bond donors (Lipinski definition) is 0. The van der Waals surface area contributed by atoms with E-state index in [1.54, 1.807) is 34.7 Å². The first kappa shape index (κ1) is 13.2. The van der Waals surface area contributed by atoms with Crippen LogP contribution in [0, 0.1) is 16.7 Å². The van der Waals surface area contributed by atoms with E-state index < -0.39 is 11.0 Å². The van der Waals surface area contributed by atoms with Gasteiger partial charge in [0.2, 0.25) is 5.91 Å². The molecule has 0 aromatic rings. The maximum atomic E-state index is 11.9. The number of amides is 1. The van der Waals surface area contributed by atoms with Gasteiger partial charge in [-0.1, -0.05) is 0 Å². The van der Waals surface area contributed by atoms with E-state index in [-0.39, 0.29) is 11.8 Å². The van der Waals surface area contributed by atoms with Crippen LogP contribution in [0.5, 0.6) is 0 Å². The molecule has 3 nitrogen and oxygen atoms in total. The number of carbonyl (C=O) groups is 1. The standard InChI is InChI=1S/C10H17ClN2O/c1-9(2,6-11)8(14)13(5)10(3,4)7-12/h6H2,1-5H3. The fourth-order valence-corrected chi connectivity index (χ4v) is 0.954. The van der Waals surface area contributed by atoms with Crippen LogP contribution in [0.1, 0.15) is 27.7 Å². The number of rotatable bonds is 3. The van der Waals surface area contributed by atoms with Crippen molar-refractivity contribution in [1.82, 2.24) is 4.90 Å². The van der Waals surface area contributed by atoms with Gasteiger partial charge in [0.15, 0.2) is 0 Å². The van der Waals surface area contributed by atoms with Crippen LogP contribution in [-0.4, -0.2) is 29.3 Å². The van der Waals surface area contributed by atoms with Crippen molar-refractivity contribution in [3.05, 3.63) is 0 Å². The Hall–Kier alpha value is -0.750. The molecule has 0 atom stereocenters. The van der Waals surface area contributed by atoms with Gasteiger partial charge >= 0.3 is 0 Å². The van der Waals surface area contributed by atoms with Crippen LogP contribution < -0.4 is 0 Å². The summed E-state index contributed by atoms with van der Waals surface area (Å²) in [4.78, 5) is 13.3. The fraction of sp³-hybridized carbons (Fsp3) is 0.800. The molecule has 0 aromatic heterocycles. The maximum absolute atomic E-state index is 11.9. The van der Waals surface area contributed by atoms with Crippen LogP contribution in [-0.2, 0) is 4.79 Å². The van der Waals surface area contributed by atoms with Gasteiger partial charge < -0.3 is 4.90 Å². The van der Waals surface area contributed by atoms with Crippen LogP contribution in [0.15, 0.2) is 0 Å². The second-order valence-electron chi connectivity index (χ2n) is 4.55. The topological polar surface area (TPSA) is 44.1 Å². The molecule has 0 N–H and O–H groups in total. The van der Waals surface area contributed by atoms with Gasteiger partial charge in [-0.25, -0.2) is 0 Å². The molecule has 0 fully saturated rings. The van der Waals surface area contributed by atoms with Gasteiger partial charge in [0.25, 0.3) is 0 Å². The monoisotopic (exact) mass is 216 g/mol. The first-order valence-corrected chi connectivity index (χ1v) is 4.98. The molecule has 4 heteroatoms. The van der Waals surface area contributed by atoms with Gasteiger partial charge in [-0.3, -0.25) is 4.79 Å². The summed E-state index contributed by atoms with van der Waals surface area (Å²) in [5.41, 5.74) is -1.41. The molecule has 0 saturated heterocycles. The van der Waals surface area contributed by atoms with Gasteiger partial charge in [0.05, 0.1) is 11.5 Å². The zero-order chi connectivity index (χ0) is 11.6. The lowest BCUT2D eigenvalue weighted by molar-refractivity contribution is -0.141. The van der Waals surface area contributed by atoms with Gasteiger partial charge in [-0.05, 0) is 27.7 Å². The molecule has 0 heterocycles. The smallest absolute Gasteiger partial charge is 0.230 e. The normalized spacial score (nSPS) is 12.1. The summed E-state index contributed by atoms with van der Waals surface area (Å²) in [5, 5.41) is 8.87. The van der Waals surface area contributed by atoms with Crippen molar-refractivity contribution in [2.45, 2.75) is 33.2 Å². The van der Waals surface area contributed by atoms with Crippen LogP contribution in [0.3, 0.4) is 0 Å². The van der Waals surface area contributed by atoms with Crippen molar-refractivity contribution in [2.75, 3.05) is 12.9 Å². The van der Waals surface area contributed by atoms with E-state index in [2.05, 4.69) is 6.07 Å². The van der Waals surface area contributed by atoms with Crippen molar-refractivity contribution >= 4 is 17.5 Å². The van der Waals surface area contributed by atoms with Crippen molar-refractivity contribution < 1.29 is 4.79 Å². The molecule has 80 valence electrons. The van der Waals surface area contributed by atoms with E-state index >= 15 is 0 Å². The molecular formula is C10H17ClN2O. The summed E-state index contributed by atoms with van der Waals surface area (Å²) in [5.74, 6) is 0.136. The lowest BCUT2D eigenvalue weighted by Gasteiger charge is -2.35. The molecule has 1 amide bonds. The largest absolute Gasteiger partial charge is 0.327 e. The van der Waals surface area contributed by atoms with E-state index in [1.807, 2.05) is 0 Å². The SMILES string of the molecule is CN(C(=O)C(C)(C)CCl)C(C)(C)C#N. The van der Waals surface area contributed by atoms with Crippen molar-refractivity contribution in [2.24, 2.45) is 5.41 Å². The summed E-state index contributed by atoms with van der Waals surface area (Å²) in [6, 6.07) is 2.08. The molecular weight excluding hydrogens is 200 g/mol. The maximum Gasteiger partial charge on any atom is 0.230 e. The zero-order valence-corrected chi connectivity index (χ0v) is 10.1. The van der Waals surface area contributed by atoms with Gasteiger partial charge in [0.1, 0.15) is 5.54 Å². The number of alkyl halides is 1. The zero-order valence-electron chi connectivity index (χ0n) is 9.39. The third-order valence-electron chi connectivity index (χ3n) is 2.33. The minimum absolute atomic E-state index is 0.112. The summed E-state index contributed by atoms with van der Waals surface area (Å²) < 4.78 is 0. The number of halogens is 1. The average Bonchev–Trinajstić information content (AvgIpc) is 2.15. The van der Waals surface area contributed by atoms with Crippen LogP contribution in [0.25, 0.3) is 0 Å². The Morgan fingerprint density at radius 1 is 1.43 bits per heavy atom. The molecule has 0 aliphatic carbocycles. The van der Waals surface area contributed by atoms with Gasteiger partial charge in [-0.2, -0.15) is 5.26 Å². The molecule has 0 aliphatic rings. The summed E-state index contributed by atoms with van der Waals surface area (Å²) in [6.45, 7) is 6.95. The second-order valence-corrected chi connectivity index (χ2v) is 4.82. The highest BCUT2D eigenvalue weighted by molar-refractivity contribution is 6.19. The Kier molecular flexibility index (Phi) is 3.96. The first-order valence-electron chi connectivity index (χ1n) is 4.44. The molecule has 0 bridgehead atoms. The van der Waals surface area contributed by atoms with E-state index in [0.29, 0.717) is 0 Å². The predicted octanol–water partition coefficient (Wildman–Crippen LogP) is 2.01. The molecule has 0 aliphatic heterocycles. The molecule has 0 spiro atoms. The summed E-state index contributed by atoms with van der Waals surface area (Å²) in [7, 11) is 1.62. The van der Waals surface area contributed by atoms with Crippen LogP contribution >= 0.6 is 11.6 Å². The molecule has 0 aromatic carbocycles. The molecule has 0 rings (SSSR count). The third kappa shape index (κ3) is 2.62. The van der Waals surface area contributed by atoms with Gasteiger partial charge in [0, 0.05) is 12.9 Å². The Morgan fingerprint density at radius 3 is 2.14 bits per heavy atom. The number of hydrogen-bond acceptors (Lipinski definition) is 2. The second kappa shape index (κ2) is 4.18. The number of nitriles is 1. The van der Waals surface area contributed by atoms with E-state index in [0.717, 1.165) is 0 Å². The highest BCUT2D eigenvalue weighted by atomic mass is 35.5. The van der Waals surface area contributed by atoms with Crippen molar-refractivity contribution in [3.63, 3.8) is 0 Å². The first-order chi connectivity index (χ1) is 6.19. The number of carbonyl (C=O) groups excluding carboxylic acids is 1. The summed E-state index contributed by atoms with van der Waals surface area (Å²) >= 11 is 5.69. The fourth-order valence-electron chi connectivity index (χ4n) is 0.840.